The van der Waals surface area contributed by atoms with E-state index in [-0.39, 0.29) is 5.60 Å². The van der Waals surface area contributed by atoms with Gasteiger partial charge >= 0.3 is 0 Å². The van der Waals surface area contributed by atoms with Gasteiger partial charge in [0.05, 0.1) is 13.2 Å². The molecule has 1 saturated heterocycles. The zero-order valence-corrected chi connectivity index (χ0v) is 6.99. The van der Waals surface area contributed by atoms with Crippen LogP contribution in [0.15, 0.2) is 24.5 Å². The van der Waals surface area contributed by atoms with Crippen LogP contribution in [0.5, 0.6) is 0 Å². The molecule has 0 atom stereocenters. The van der Waals surface area contributed by atoms with Crippen LogP contribution in [0.2, 0.25) is 0 Å². The number of rotatable bonds is 2. The van der Waals surface area contributed by atoms with Crippen LogP contribution in [0.1, 0.15) is 5.56 Å². The second kappa shape index (κ2) is 2.84. The lowest BCUT2D eigenvalue weighted by molar-refractivity contribution is -0.202. The van der Waals surface area contributed by atoms with Crippen LogP contribution in [0.4, 0.5) is 0 Å². The summed E-state index contributed by atoms with van der Waals surface area (Å²) in [5.74, 6) is 0. The molecule has 64 valence electrons. The van der Waals surface area contributed by atoms with Gasteiger partial charge in [-0.05, 0) is 6.07 Å². The van der Waals surface area contributed by atoms with Gasteiger partial charge in [0.15, 0.2) is 0 Å². The van der Waals surface area contributed by atoms with Gasteiger partial charge in [0.2, 0.25) is 0 Å². The molecule has 0 aliphatic carbocycles. The van der Waals surface area contributed by atoms with Gasteiger partial charge in [-0.25, -0.2) is 0 Å². The molecule has 0 unspecified atom stereocenters. The normalized spacial score (nSPS) is 20.1. The van der Waals surface area contributed by atoms with E-state index in [1.54, 1.807) is 13.3 Å². The average Bonchev–Trinajstić information content (AvgIpc) is 2.05. The molecule has 0 N–H and O–H groups in total. The van der Waals surface area contributed by atoms with Gasteiger partial charge in [0.1, 0.15) is 5.60 Å². The molecule has 0 aromatic carbocycles. The first-order valence-corrected chi connectivity index (χ1v) is 3.91. The van der Waals surface area contributed by atoms with Gasteiger partial charge in [-0.3, -0.25) is 4.98 Å². The summed E-state index contributed by atoms with van der Waals surface area (Å²) in [6.45, 7) is 1.27. The summed E-state index contributed by atoms with van der Waals surface area (Å²) in [4.78, 5) is 4.05. The van der Waals surface area contributed by atoms with Crippen molar-refractivity contribution in [3.8, 4) is 0 Å². The highest BCUT2D eigenvalue weighted by Gasteiger charge is 2.40. The molecule has 1 aromatic rings. The maximum Gasteiger partial charge on any atom is 0.141 e. The van der Waals surface area contributed by atoms with Gasteiger partial charge < -0.3 is 9.47 Å². The van der Waals surface area contributed by atoms with Gasteiger partial charge in [-0.15, -0.1) is 0 Å². The van der Waals surface area contributed by atoms with Crippen molar-refractivity contribution in [3.63, 3.8) is 0 Å². The Bertz CT molecular complexity index is 251. The van der Waals surface area contributed by atoms with E-state index in [9.17, 15) is 0 Å². The molecule has 2 rings (SSSR count). The highest BCUT2D eigenvalue weighted by Crippen LogP contribution is 2.31. The van der Waals surface area contributed by atoms with E-state index < -0.39 is 0 Å². The Morgan fingerprint density at radius 2 is 2.42 bits per heavy atom. The zero-order chi connectivity index (χ0) is 8.44. The second-order valence-electron chi connectivity index (χ2n) is 2.93. The number of ether oxygens (including phenoxy) is 2. The predicted molar refractivity (Wildman–Crippen MR) is 43.7 cm³/mol. The van der Waals surface area contributed by atoms with Crippen molar-refractivity contribution < 1.29 is 9.47 Å². The van der Waals surface area contributed by atoms with Crippen LogP contribution in [0, 0.1) is 0 Å². The van der Waals surface area contributed by atoms with E-state index in [0.29, 0.717) is 13.2 Å². The van der Waals surface area contributed by atoms with Crippen molar-refractivity contribution in [2.75, 3.05) is 20.3 Å². The molecular formula is C9H11NO2. The highest BCUT2D eigenvalue weighted by atomic mass is 16.6. The molecule has 1 aromatic heterocycles. The monoisotopic (exact) mass is 165 g/mol. The van der Waals surface area contributed by atoms with Gasteiger partial charge in [-0.1, -0.05) is 6.07 Å². The molecule has 0 amide bonds. The fourth-order valence-corrected chi connectivity index (χ4v) is 1.32. The third-order valence-electron chi connectivity index (χ3n) is 2.25. The average molecular weight is 165 g/mol. The Morgan fingerprint density at radius 1 is 1.58 bits per heavy atom. The van der Waals surface area contributed by atoms with Crippen LogP contribution in [-0.4, -0.2) is 25.3 Å². The summed E-state index contributed by atoms with van der Waals surface area (Å²) < 4.78 is 10.5. The summed E-state index contributed by atoms with van der Waals surface area (Å²) in [6.07, 6.45) is 3.58. The van der Waals surface area contributed by atoms with E-state index >= 15 is 0 Å². The number of nitrogens with zero attached hydrogens (tertiary/aromatic N) is 1. The SMILES string of the molecule is COC1(c2cccnc2)COC1. The van der Waals surface area contributed by atoms with Crippen LogP contribution in [0.25, 0.3) is 0 Å². The van der Waals surface area contributed by atoms with E-state index in [4.69, 9.17) is 9.47 Å². The highest BCUT2D eigenvalue weighted by molar-refractivity contribution is 5.21. The lowest BCUT2D eigenvalue weighted by atomic mass is 9.93. The van der Waals surface area contributed by atoms with Crippen molar-refractivity contribution in [1.29, 1.82) is 0 Å². The van der Waals surface area contributed by atoms with E-state index in [1.807, 2.05) is 18.3 Å². The first-order chi connectivity index (χ1) is 5.87. The topological polar surface area (TPSA) is 31.4 Å². The fraction of sp³-hybridized carbons (Fsp3) is 0.444. The Balaban J connectivity index is 2.28. The van der Waals surface area contributed by atoms with Crippen LogP contribution < -0.4 is 0 Å². The largest absolute Gasteiger partial charge is 0.375 e. The second-order valence-corrected chi connectivity index (χ2v) is 2.93. The maximum absolute atomic E-state index is 5.39. The van der Waals surface area contributed by atoms with Crippen molar-refractivity contribution in [3.05, 3.63) is 30.1 Å². The molecule has 1 aliphatic rings. The summed E-state index contributed by atoms with van der Waals surface area (Å²) >= 11 is 0. The first kappa shape index (κ1) is 7.71. The summed E-state index contributed by atoms with van der Waals surface area (Å²) in [7, 11) is 1.70. The van der Waals surface area contributed by atoms with Crippen molar-refractivity contribution >= 4 is 0 Å². The zero-order valence-electron chi connectivity index (χ0n) is 6.99. The lowest BCUT2D eigenvalue weighted by Crippen LogP contribution is -2.48. The molecule has 3 heteroatoms. The Hall–Kier alpha value is -0.930. The molecule has 0 saturated carbocycles. The number of pyridine rings is 1. The number of hydrogen-bond acceptors (Lipinski definition) is 3. The number of hydrogen-bond donors (Lipinski definition) is 0. The molecule has 2 heterocycles. The van der Waals surface area contributed by atoms with Crippen molar-refractivity contribution in [2.45, 2.75) is 5.60 Å². The smallest absolute Gasteiger partial charge is 0.141 e. The predicted octanol–water partition coefficient (Wildman–Crippen LogP) is 0.954. The van der Waals surface area contributed by atoms with E-state index in [1.165, 1.54) is 0 Å². The standard InChI is InChI=1S/C9H11NO2/c1-11-9(6-12-7-9)8-3-2-4-10-5-8/h2-5H,6-7H2,1H3. The minimum absolute atomic E-state index is 0.228. The van der Waals surface area contributed by atoms with E-state index in [0.717, 1.165) is 5.56 Å². The van der Waals surface area contributed by atoms with Crippen molar-refractivity contribution in [1.82, 2.24) is 4.98 Å². The molecule has 0 bridgehead atoms. The molecule has 0 radical (unpaired) electrons. The van der Waals surface area contributed by atoms with Crippen LogP contribution in [0.3, 0.4) is 0 Å². The minimum Gasteiger partial charge on any atom is -0.375 e. The molecule has 3 nitrogen and oxygen atoms in total. The molecule has 1 fully saturated rings. The fourth-order valence-electron chi connectivity index (χ4n) is 1.32. The first-order valence-electron chi connectivity index (χ1n) is 3.91. The lowest BCUT2D eigenvalue weighted by Gasteiger charge is -2.40. The third-order valence-corrected chi connectivity index (χ3v) is 2.25. The Kier molecular flexibility index (Phi) is 1.83. The van der Waals surface area contributed by atoms with Crippen LogP contribution in [-0.2, 0) is 15.1 Å². The molecule has 12 heavy (non-hydrogen) atoms. The van der Waals surface area contributed by atoms with Crippen molar-refractivity contribution in [2.24, 2.45) is 0 Å². The van der Waals surface area contributed by atoms with Gasteiger partial charge in [-0.2, -0.15) is 0 Å². The minimum atomic E-state index is -0.228. The summed E-state index contributed by atoms with van der Waals surface area (Å²) in [5, 5.41) is 0. The number of aromatic nitrogens is 1. The van der Waals surface area contributed by atoms with E-state index in [2.05, 4.69) is 4.98 Å². The number of methoxy groups -OCH3 is 1. The van der Waals surface area contributed by atoms with Gasteiger partial charge in [0, 0.05) is 25.1 Å². The third kappa shape index (κ3) is 1.02. The Morgan fingerprint density at radius 3 is 2.83 bits per heavy atom. The summed E-state index contributed by atoms with van der Waals surface area (Å²) in [5.41, 5.74) is 0.868. The molecule has 0 spiro atoms. The quantitative estimate of drug-likeness (QED) is 0.654. The van der Waals surface area contributed by atoms with Crippen LogP contribution >= 0.6 is 0 Å². The Labute approximate surface area is 71.3 Å². The molecule has 1 aliphatic heterocycles. The maximum atomic E-state index is 5.39. The molecular weight excluding hydrogens is 154 g/mol. The summed E-state index contributed by atoms with van der Waals surface area (Å²) in [6, 6.07) is 3.92. The van der Waals surface area contributed by atoms with Gasteiger partial charge in [0.25, 0.3) is 0 Å².